The predicted molar refractivity (Wildman–Crippen MR) is 86.9 cm³/mol. The van der Waals surface area contributed by atoms with E-state index in [4.69, 9.17) is 15.1 Å². The summed E-state index contributed by atoms with van der Waals surface area (Å²) in [4.78, 5) is 9.49. The van der Waals surface area contributed by atoms with Gasteiger partial charge in [0.1, 0.15) is 11.8 Å². The molecule has 0 radical (unpaired) electrons. The Kier molecular flexibility index (Phi) is 5.45. The monoisotopic (exact) mass is 317 g/mol. The number of fused-ring (bicyclic) bond motifs is 3. The largest absolute Gasteiger partial charge is 0.495 e. The van der Waals surface area contributed by atoms with E-state index in [1.165, 1.54) is 11.1 Å². The second-order valence-electron chi connectivity index (χ2n) is 5.85. The minimum Gasteiger partial charge on any atom is -0.495 e. The van der Waals surface area contributed by atoms with Crippen molar-refractivity contribution in [1.29, 1.82) is 5.26 Å². The molecule has 0 spiro atoms. The maximum Gasteiger partial charge on any atom is 0.404 e. The fourth-order valence-electron chi connectivity index (χ4n) is 3.53. The Morgan fingerprint density at radius 2 is 2.22 bits per heavy atom. The van der Waals surface area contributed by atoms with Crippen LogP contribution in [-0.2, 0) is 0 Å². The van der Waals surface area contributed by atoms with E-state index in [-0.39, 0.29) is 0 Å². The third-order valence-corrected chi connectivity index (χ3v) is 4.65. The van der Waals surface area contributed by atoms with E-state index in [0.717, 1.165) is 13.1 Å². The summed E-state index contributed by atoms with van der Waals surface area (Å²) in [6.45, 7) is 6.62. The minimum atomic E-state index is -0.961. The molecule has 1 aromatic carbocycles. The molecule has 6 heteroatoms. The van der Waals surface area contributed by atoms with Gasteiger partial charge in [-0.2, -0.15) is 5.26 Å². The quantitative estimate of drug-likeness (QED) is 0.778. The average molecular weight is 317 g/mol. The maximum atomic E-state index is 9.49. The summed E-state index contributed by atoms with van der Waals surface area (Å²) in [5.41, 5.74) is 3.38. The van der Waals surface area contributed by atoms with E-state index in [2.05, 4.69) is 29.7 Å². The minimum absolute atomic E-state index is 0.481. The van der Waals surface area contributed by atoms with Crippen molar-refractivity contribution in [3.63, 3.8) is 0 Å². The molecule has 2 aliphatic rings. The summed E-state index contributed by atoms with van der Waals surface area (Å²) in [5.74, 6) is 2.54. The van der Waals surface area contributed by atoms with Gasteiger partial charge in [0.05, 0.1) is 12.7 Å². The van der Waals surface area contributed by atoms with E-state index >= 15 is 0 Å². The first-order chi connectivity index (χ1) is 11.0. The first kappa shape index (κ1) is 17.1. The molecule has 3 N–H and O–H groups in total. The van der Waals surface area contributed by atoms with E-state index in [9.17, 15) is 4.79 Å². The molecule has 0 aromatic heterocycles. The molecule has 1 aliphatic heterocycles. The third kappa shape index (κ3) is 3.40. The molecule has 1 aromatic rings. The summed E-state index contributed by atoms with van der Waals surface area (Å²) >= 11 is 0. The van der Waals surface area contributed by atoms with Crippen LogP contribution < -0.4 is 15.4 Å². The number of rotatable bonds is 2. The van der Waals surface area contributed by atoms with Gasteiger partial charge in [-0.05, 0) is 48.6 Å². The molecular formula is C17H23N3O3. The number of nitrogens with zero attached hydrogens (tertiary/aromatic N) is 1. The Balaban J connectivity index is 0.000000277. The number of amides is 1. The molecule has 1 fully saturated rings. The van der Waals surface area contributed by atoms with E-state index < -0.39 is 6.09 Å². The van der Waals surface area contributed by atoms with E-state index in [1.807, 2.05) is 6.07 Å². The Hall–Kier alpha value is -2.26. The molecule has 0 bridgehead atoms. The van der Waals surface area contributed by atoms with Crippen LogP contribution in [0.2, 0.25) is 0 Å². The third-order valence-electron chi connectivity index (χ3n) is 4.65. The second kappa shape index (κ2) is 7.34. The van der Waals surface area contributed by atoms with Crippen LogP contribution in [0.15, 0.2) is 12.1 Å². The van der Waals surface area contributed by atoms with E-state index in [0.29, 0.717) is 35.6 Å². The lowest BCUT2D eigenvalue weighted by Gasteiger charge is -2.12. The highest BCUT2D eigenvalue weighted by molar-refractivity contribution is 5.64. The van der Waals surface area contributed by atoms with Gasteiger partial charge < -0.3 is 20.5 Å². The van der Waals surface area contributed by atoms with Crippen LogP contribution in [0.1, 0.15) is 42.4 Å². The average Bonchev–Trinajstić information content (AvgIpc) is 3.10. The number of methoxy groups -OCH3 is 1. The Labute approximate surface area is 136 Å². The number of ether oxygens (including phenoxy) is 1. The maximum absolute atomic E-state index is 9.49. The van der Waals surface area contributed by atoms with Gasteiger partial charge in [0.15, 0.2) is 0 Å². The molecule has 1 heterocycles. The molecule has 1 saturated heterocycles. The van der Waals surface area contributed by atoms with Crippen LogP contribution in [0, 0.1) is 17.2 Å². The summed E-state index contributed by atoms with van der Waals surface area (Å²) in [5, 5.41) is 22.5. The zero-order valence-electron chi connectivity index (χ0n) is 13.7. The van der Waals surface area contributed by atoms with Gasteiger partial charge in [0, 0.05) is 19.0 Å². The number of benzene rings is 1. The summed E-state index contributed by atoms with van der Waals surface area (Å²) in [7, 11) is 1.63. The van der Waals surface area contributed by atoms with Crippen LogP contribution in [0.4, 0.5) is 4.79 Å². The van der Waals surface area contributed by atoms with Crippen LogP contribution in [0.3, 0.4) is 0 Å². The molecule has 23 heavy (non-hydrogen) atoms. The van der Waals surface area contributed by atoms with Gasteiger partial charge in [-0.25, -0.2) is 4.79 Å². The van der Waals surface area contributed by atoms with Gasteiger partial charge >= 0.3 is 6.09 Å². The van der Waals surface area contributed by atoms with Crippen LogP contribution in [0.25, 0.3) is 0 Å². The summed E-state index contributed by atoms with van der Waals surface area (Å²) in [6.07, 6.45) is -0.961. The Morgan fingerprint density at radius 3 is 2.74 bits per heavy atom. The fraction of sp³-hybridized carbons (Fsp3) is 0.529. The zero-order valence-corrected chi connectivity index (χ0v) is 13.7. The lowest BCUT2D eigenvalue weighted by molar-refractivity contribution is 0.195. The molecule has 3 rings (SSSR count). The molecule has 6 nitrogen and oxygen atoms in total. The van der Waals surface area contributed by atoms with Crippen molar-refractivity contribution in [1.82, 2.24) is 10.6 Å². The lowest BCUT2D eigenvalue weighted by Crippen LogP contribution is -2.19. The molecular weight excluding hydrogens is 294 g/mol. The van der Waals surface area contributed by atoms with Gasteiger partial charge in [0.25, 0.3) is 0 Å². The molecule has 124 valence electrons. The standard InChI is InChI=1S/C14H16N2O.C3H7NO2/c1-8-10-3-9(5-15)14(17-2)4-11(10)13-7-16-6-12(8)13;1-2-4-3(5)6/h3-4,8,12-13,16H,6-7H2,1-2H3;4H,2H2,1H3,(H,5,6). The van der Waals surface area contributed by atoms with E-state index in [1.54, 1.807) is 14.0 Å². The van der Waals surface area contributed by atoms with Gasteiger partial charge in [-0.15, -0.1) is 0 Å². The predicted octanol–water partition coefficient (Wildman–Crippen LogP) is 2.26. The Morgan fingerprint density at radius 1 is 1.48 bits per heavy atom. The molecule has 1 aliphatic carbocycles. The number of carbonyl (C=O) groups is 1. The first-order valence-corrected chi connectivity index (χ1v) is 7.82. The van der Waals surface area contributed by atoms with Gasteiger partial charge in [0.2, 0.25) is 0 Å². The first-order valence-electron chi connectivity index (χ1n) is 7.82. The van der Waals surface area contributed by atoms with Gasteiger partial charge in [-0.3, -0.25) is 0 Å². The van der Waals surface area contributed by atoms with Crippen molar-refractivity contribution in [2.75, 3.05) is 26.7 Å². The topological polar surface area (TPSA) is 94.4 Å². The summed E-state index contributed by atoms with van der Waals surface area (Å²) in [6, 6.07) is 6.32. The number of nitrogens with one attached hydrogen (secondary N) is 2. The second-order valence-corrected chi connectivity index (χ2v) is 5.85. The van der Waals surface area contributed by atoms with Crippen LogP contribution >= 0.6 is 0 Å². The lowest BCUT2D eigenvalue weighted by atomic mass is 9.91. The Bertz CT molecular complexity index is 624. The van der Waals surface area contributed by atoms with Crippen molar-refractivity contribution in [3.8, 4) is 11.8 Å². The highest BCUT2D eigenvalue weighted by Gasteiger charge is 2.41. The molecule has 0 saturated carbocycles. The van der Waals surface area contributed by atoms with Crippen molar-refractivity contribution in [2.24, 2.45) is 5.92 Å². The number of carboxylic acid groups (broad SMARTS) is 1. The molecule has 3 atom stereocenters. The van der Waals surface area contributed by atoms with Gasteiger partial charge in [-0.1, -0.05) is 6.92 Å². The van der Waals surface area contributed by atoms with Crippen LogP contribution in [0.5, 0.6) is 5.75 Å². The molecule has 1 amide bonds. The molecule has 3 unspecified atom stereocenters. The highest BCUT2D eigenvalue weighted by Crippen LogP contribution is 2.49. The SMILES string of the molecule is CCNC(=O)O.COc1cc2c(cc1C#N)C(C)C1CNCC21. The van der Waals surface area contributed by atoms with Crippen molar-refractivity contribution < 1.29 is 14.6 Å². The fourth-order valence-corrected chi connectivity index (χ4v) is 3.53. The van der Waals surface area contributed by atoms with Crippen LogP contribution in [-0.4, -0.2) is 37.9 Å². The smallest absolute Gasteiger partial charge is 0.404 e. The zero-order chi connectivity index (χ0) is 17.0. The highest BCUT2D eigenvalue weighted by atomic mass is 16.5. The summed E-state index contributed by atoms with van der Waals surface area (Å²) < 4.78 is 5.30. The van der Waals surface area contributed by atoms with Crippen molar-refractivity contribution in [2.45, 2.75) is 25.7 Å². The normalized spacial score (nSPS) is 23.8. The number of hydrogen-bond donors (Lipinski definition) is 3. The van der Waals surface area contributed by atoms with Crippen molar-refractivity contribution >= 4 is 6.09 Å². The number of hydrogen-bond acceptors (Lipinski definition) is 4. The number of nitriles is 1. The van der Waals surface area contributed by atoms with Crippen molar-refractivity contribution in [3.05, 3.63) is 28.8 Å².